The molecule has 1 aromatic heterocycles. The minimum Gasteiger partial charge on any atom is -0.368 e. The van der Waals surface area contributed by atoms with E-state index in [0.29, 0.717) is 5.69 Å². The van der Waals surface area contributed by atoms with Gasteiger partial charge in [-0.05, 0) is 36.4 Å². The molecule has 2 heterocycles. The van der Waals surface area contributed by atoms with Gasteiger partial charge in [0.15, 0.2) is 0 Å². The van der Waals surface area contributed by atoms with Crippen molar-refractivity contribution in [2.24, 2.45) is 0 Å². The van der Waals surface area contributed by atoms with E-state index in [1.807, 2.05) is 48.5 Å². The predicted octanol–water partition coefficient (Wildman–Crippen LogP) is 5.92. The van der Waals surface area contributed by atoms with E-state index < -0.39 is 11.7 Å². The van der Waals surface area contributed by atoms with Gasteiger partial charge in [-0.3, -0.25) is 4.98 Å². The molecule has 1 fully saturated rings. The molecule has 1 aliphatic rings. The van der Waals surface area contributed by atoms with Gasteiger partial charge < -0.3 is 9.80 Å². The van der Waals surface area contributed by atoms with E-state index in [1.54, 1.807) is 0 Å². The Morgan fingerprint density at radius 1 is 0.871 bits per heavy atom. The Hall–Kier alpha value is -2.64. The molecule has 8 heteroatoms. The third kappa shape index (κ3) is 4.99. The summed E-state index contributed by atoms with van der Waals surface area (Å²) < 4.78 is 38.1. The van der Waals surface area contributed by atoms with Crippen molar-refractivity contribution in [3.8, 4) is 11.3 Å². The molecule has 4 rings (SSSR count). The smallest absolute Gasteiger partial charge is 0.368 e. The van der Waals surface area contributed by atoms with Crippen LogP contribution in [0.2, 0.25) is 5.02 Å². The van der Waals surface area contributed by atoms with Crippen LogP contribution >= 0.6 is 23.8 Å². The van der Waals surface area contributed by atoms with E-state index in [-0.39, 0.29) is 0 Å². The number of thiocarbonyl (C=S) groups is 1. The molecule has 3 nitrogen and oxygen atoms in total. The maximum Gasteiger partial charge on any atom is 0.417 e. The summed E-state index contributed by atoms with van der Waals surface area (Å²) in [5.74, 6) is 0. The van der Waals surface area contributed by atoms with Crippen LogP contribution in [0.25, 0.3) is 11.3 Å². The van der Waals surface area contributed by atoms with Gasteiger partial charge in [-0.25, -0.2) is 0 Å². The lowest BCUT2D eigenvalue weighted by molar-refractivity contribution is -0.137. The average Bonchev–Trinajstić information content (AvgIpc) is 2.79. The van der Waals surface area contributed by atoms with Crippen molar-refractivity contribution in [3.05, 3.63) is 83.0 Å². The second-order valence-electron chi connectivity index (χ2n) is 7.26. The number of alkyl halides is 3. The fourth-order valence-electron chi connectivity index (χ4n) is 3.52. The molecule has 2 aromatic carbocycles. The summed E-state index contributed by atoms with van der Waals surface area (Å²) in [4.78, 5) is 9.19. The van der Waals surface area contributed by atoms with Crippen LogP contribution in [-0.4, -0.2) is 41.1 Å². The highest BCUT2D eigenvalue weighted by Crippen LogP contribution is 2.30. The van der Waals surface area contributed by atoms with Gasteiger partial charge in [0.25, 0.3) is 0 Å². The molecular formula is C23H19ClF3N3S. The Balaban J connectivity index is 1.39. The van der Waals surface area contributed by atoms with Crippen LogP contribution in [0.15, 0.2) is 66.9 Å². The summed E-state index contributed by atoms with van der Waals surface area (Å²) in [6.07, 6.45) is -3.53. The van der Waals surface area contributed by atoms with Crippen molar-refractivity contribution >= 4 is 34.5 Å². The van der Waals surface area contributed by atoms with Crippen molar-refractivity contribution in [2.45, 2.75) is 6.18 Å². The van der Waals surface area contributed by atoms with Crippen LogP contribution in [0.3, 0.4) is 0 Å². The maximum absolute atomic E-state index is 12.7. The first-order valence-electron chi connectivity index (χ1n) is 9.75. The molecule has 0 atom stereocenters. The van der Waals surface area contributed by atoms with Crippen LogP contribution in [0.5, 0.6) is 0 Å². The van der Waals surface area contributed by atoms with E-state index in [2.05, 4.69) is 14.8 Å². The van der Waals surface area contributed by atoms with Gasteiger partial charge in [0.1, 0.15) is 4.99 Å². The molecule has 0 bridgehead atoms. The third-order valence-electron chi connectivity index (χ3n) is 5.28. The Morgan fingerprint density at radius 3 is 2.06 bits per heavy atom. The lowest BCUT2D eigenvalue weighted by Gasteiger charge is -2.37. The topological polar surface area (TPSA) is 19.4 Å². The quantitative estimate of drug-likeness (QED) is 0.451. The monoisotopic (exact) mass is 461 g/mol. The van der Waals surface area contributed by atoms with Gasteiger partial charge in [-0.1, -0.05) is 48.1 Å². The highest BCUT2D eigenvalue weighted by molar-refractivity contribution is 7.80. The average molecular weight is 462 g/mol. The second kappa shape index (κ2) is 8.85. The number of rotatable bonds is 3. The fraction of sp³-hybridized carbons (Fsp3) is 0.217. The number of anilines is 1. The summed E-state index contributed by atoms with van der Waals surface area (Å²) in [5.41, 5.74) is 2.52. The van der Waals surface area contributed by atoms with Crippen molar-refractivity contribution in [1.29, 1.82) is 0 Å². The fourth-order valence-corrected chi connectivity index (χ4v) is 3.96. The summed E-state index contributed by atoms with van der Waals surface area (Å²) in [6, 6.07) is 17.7. The van der Waals surface area contributed by atoms with Gasteiger partial charge in [0, 0.05) is 54.2 Å². The van der Waals surface area contributed by atoms with Crippen molar-refractivity contribution < 1.29 is 13.2 Å². The van der Waals surface area contributed by atoms with E-state index in [0.717, 1.165) is 65.3 Å². The highest BCUT2D eigenvalue weighted by Gasteiger charge is 2.30. The summed E-state index contributed by atoms with van der Waals surface area (Å²) in [5, 5.41) is 0.721. The third-order valence-corrected chi connectivity index (χ3v) is 6.02. The Labute approximate surface area is 189 Å². The SMILES string of the molecule is FC(F)(F)c1ccc(-c2ccc(C(=S)N3CCN(c4ccc(Cl)cc4)CC3)cc2)nc1. The van der Waals surface area contributed by atoms with Gasteiger partial charge >= 0.3 is 6.18 Å². The minimum atomic E-state index is -4.39. The van der Waals surface area contributed by atoms with Crippen LogP contribution < -0.4 is 4.90 Å². The number of pyridine rings is 1. The molecule has 31 heavy (non-hydrogen) atoms. The van der Waals surface area contributed by atoms with E-state index in [1.165, 1.54) is 6.07 Å². The zero-order valence-corrected chi connectivity index (χ0v) is 18.0. The number of hydrogen-bond donors (Lipinski definition) is 0. The number of nitrogens with zero attached hydrogens (tertiary/aromatic N) is 3. The summed E-state index contributed by atoms with van der Waals surface area (Å²) in [7, 11) is 0. The van der Waals surface area contributed by atoms with Crippen molar-refractivity contribution in [3.63, 3.8) is 0 Å². The molecule has 0 N–H and O–H groups in total. The Kier molecular flexibility index (Phi) is 6.16. The summed E-state index contributed by atoms with van der Waals surface area (Å²) >= 11 is 11.6. The van der Waals surface area contributed by atoms with Gasteiger partial charge in [-0.15, -0.1) is 0 Å². The lowest BCUT2D eigenvalue weighted by Crippen LogP contribution is -2.48. The van der Waals surface area contributed by atoms with E-state index >= 15 is 0 Å². The number of halogens is 4. The second-order valence-corrected chi connectivity index (χ2v) is 8.09. The maximum atomic E-state index is 12.7. The molecule has 0 unspecified atom stereocenters. The molecule has 0 radical (unpaired) electrons. The predicted molar refractivity (Wildman–Crippen MR) is 122 cm³/mol. The van der Waals surface area contributed by atoms with Gasteiger partial charge in [0.05, 0.1) is 11.3 Å². The molecule has 1 aliphatic heterocycles. The zero-order valence-electron chi connectivity index (χ0n) is 16.4. The van der Waals surface area contributed by atoms with Crippen molar-refractivity contribution in [2.75, 3.05) is 31.1 Å². The van der Waals surface area contributed by atoms with Crippen LogP contribution in [0.4, 0.5) is 18.9 Å². The molecule has 3 aromatic rings. The lowest BCUT2D eigenvalue weighted by atomic mass is 10.1. The molecule has 1 saturated heterocycles. The molecule has 0 spiro atoms. The Bertz CT molecular complexity index is 1040. The molecule has 0 saturated carbocycles. The number of piperazine rings is 1. The zero-order chi connectivity index (χ0) is 22.0. The van der Waals surface area contributed by atoms with E-state index in [4.69, 9.17) is 23.8 Å². The minimum absolute atomic E-state index is 0.488. The molecule has 160 valence electrons. The first kappa shape index (κ1) is 21.6. The Morgan fingerprint density at radius 2 is 1.52 bits per heavy atom. The highest BCUT2D eigenvalue weighted by atomic mass is 35.5. The molecular weight excluding hydrogens is 443 g/mol. The van der Waals surface area contributed by atoms with E-state index in [9.17, 15) is 13.2 Å². The first-order chi connectivity index (χ1) is 14.8. The van der Waals surface area contributed by atoms with Gasteiger partial charge in [0.2, 0.25) is 0 Å². The molecule has 0 aliphatic carbocycles. The largest absolute Gasteiger partial charge is 0.417 e. The standard InChI is InChI=1S/C23H19ClF3N3S/c24-19-6-8-20(9-7-19)29-11-13-30(14-12-29)22(31)17-3-1-16(2-4-17)21-10-5-18(15-28-21)23(25,26)27/h1-10,15H,11-14H2. The number of hydrogen-bond acceptors (Lipinski definition) is 3. The normalized spacial score (nSPS) is 14.6. The van der Waals surface area contributed by atoms with Crippen molar-refractivity contribution in [1.82, 2.24) is 9.88 Å². The van der Waals surface area contributed by atoms with Crippen LogP contribution in [0, 0.1) is 0 Å². The van der Waals surface area contributed by atoms with Crippen LogP contribution in [-0.2, 0) is 6.18 Å². The number of benzene rings is 2. The molecule has 0 amide bonds. The number of aromatic nitrogens is 1. The first-order valence-corrected chi connectivity index (χ1v) is 10.5. The van der Waals surface area contributed by atoms with Gasteiger partial charge in [-0.2, -0.15) is 13.2 Å². The van der Waals surface area contributed by atoms with Crippen LogP contribution in [0.1, 0.15) is 11.1 Å². The summed E-state index contributed by atoms with van der Waals surface area (Å²) in [6.45, 7) is 3.33.